The first kappa shape index (κ1) is 13.4. The number of hydrogen-bond donors (Lipinski definition) is 0. The van der Waals surface area contributed by atoms with Crippen LogP contribution in [-0.2, 0) is 9.53 Å². The zero-order valence-corrected chi connectivity index (χ0v) is 10.8. The Morgan fingerprint density at radius 2 is 1.88 bits per heavy atom. The average molecular weight is 229 g/mol. The summed E-state index contributed by atoms with van der Waals surface area (Å²) in [4.78, 5) is 18.3. The van der Waals surface area contributed by atoms with Crippen LogP contribution < -0.4 is 0 Å². The number of carbonyl (C=O) groups is 1. The van der Waals surface area contributed by atoms with E-state index in [1.807, 2.05) is 23.9 Å². The maximum Gasteiger partial charge on any atom is 0.242 e. The molecule has 16 heavy (non-hydrogen) atoms. The minimum Gasteiger partial charge on any atom is -0.383 e. The van der Waals surface area contributed by atoms with E-state index in [4.69, 9.17) is 4.74 Å². The van der Waals surface area contributed by atoms with Crippen LogP contribution in [0.25, 0.3) is 0 Å². The van der Waals surface area contributed by atoms with Gasteiger partial charge in [0.25, 0.3) is 0 Å². The van der Waals surface area contributed by atoms with Crippen LogP contribution in [0.4, 0.5) is 0 Å². The van der Waals surface area contributed by atoms with Crippen LogP contribution in [-0.4, -0.2) is 87.7 Å². The second kappa shape index (κ2) is 6.18. The van der Waals surface area contributed by atoms with Crippen LogP contribution in [0.1, 0.15) is 0 Å². The molecule has 1 heterocycles. The quantitative estimate of drug-likeness (QED) is 0.641. The Hall–Kier alpha value is -0.650. The Bertz CT molecular complexity index is 225. The molecule has 1 fully saturated rings. The molecular formula is C11H23N3O2. The fourth-order valence-electron chi connectivity index (χ4n) is 1.84. The van der Waals surface area contributed by atoms with Crippen molar-refractivity contribution in [2.75, 3.05) is 61.0 Å². The second-order valence-electron chi connectivity index (χ2n) is 4.56. The predicted molar refractivity (Wildman–Crippen MR) is 63.4 cm³/mol. The van der Waals surface area contributed by atoms with Gasteiger partial charge in [-0.25, -0.2) is 0 Å². The SMILES string of the molecule is COC[C@@H](C(=O)N1CCN(C)CC1)N(C)C. The molecule has 5 heteroatoms. The van der Waals surface area contributed by atoms with Crippen LogP contribution in [0.2, 0.25) is 0 Å². The lowest BCUT2D eigenvalue weighted by Crippen LogP contribution is -2.54. The van der Waals surface area contributed by atoms with Crippen molar-refractivity contribution in [1.29, 1.82) is 0 Å². The van der Waals surface area contributed by atoms with Gasteiger partial charge >= 0.3 is 0 Å². The highest BCUT2D eigenvalue weighted by Gasteiger charge is 2.27. The first-order chi connectivity index (χ1) is 7.56. The maximum atomic E-state index is 12.2. The number of ether oxygens (including phenoxy) is 1. The molecule has 94 valence electrons. The fourth-order valence-corrected chi connectivity index (χ4v) is 1.84. The number of hydrogen-bond acceptors (Lipinski definition) is 4. The van der Waals surface area contributed by atoms with Gasteiger partial charge in [-0.2, -0.15) is 0 Å². The van der Waals surface area contributed by atoms with Crippen LogP contribution >= 0.6 is 0 Å². The van der Waals surface area contributed by atoms with E-state index >= 15 is 0 Å². The largest absolute Gasteiger partial charge is 0.383 e. The topological polar surface area (TPSA) is 36.0 Å². The number of piperazine rings is 1. The van der Waals surface area contributed by atoms with Crippen LogP contribution in [0.5, 0.6) is 0 Å². The number of likely N-dealkylation sites (N-methyl/N-ethyl adjacent to an activating group) is 2. The van der Waals surface area contributed by atoms with Crippen LogP contribution in [0.3, 0.4) is 0 Å². The Kier molecular flexibility index (Phi) is 5.18. The third-order valence-corrected chi connectivity index (χ3v) is 3.05. The van der Waals surface area contributed by atoms with E-state index in [1.54, 1.807) is 7.11 Å². The molecule has 0 aromatic carbocycles. The van der Waals surface area contributed by atoms with E-state index in [1.165, 1.54) is 0 Å². The molecule has 0 N–H and O–H groups in total. The minimum absolute atomic E-state index is 0.159. The first-order valence-corrected chi connectivity index (χ1v) is 5.69. The molecule has 0 aromatic heterocycles. The van der Waals surface area contributed by atoms with E-state index in [-0.39, 0.29) is 11.9 Å². The summed E-state index contributed by atoms with van der Waals surface area (Å²) >= 11 is 0. The normalized spacial score (nSPS) is 20.2. The molecule has 0 radical (unpaired) electrons. The Balaban J connectivity index is 2.53. The van der Waals surface area contributed by atoms with Crippen molar-refractivity contribution in [3.05, 3.63) is 0 Å². The van der Waals surface area contributed by atoms with Crippen LogP contribution in [0.15, 0.2) is 0 Å². The molecule has 0 aliphatic carbocycles. The van der Waals surface area contributed by atoms with Gasteiger partial charge in [0.2, 0.25) is 5.91 Å². The summed E-state index contributed by atoms with van der Waals surface area (Å²) in [5.74, 6) is 0.181. The monoisotopic (exact) mass is 229 g/mol. The van der Waals surface area contributed by atoms with Gasteiger partial charge in [0.15, 0.2) is 0 Å². The maximum absolute atomic E-state index is 12.2. The van der Waals surface area contributed by atoms with Crippen molar-refractivity contribution >= 4 is 5.91 Å². The van der Waals surface area contributed by atoms with Gasteiger partial charge in [-0.05, 0) is 21.1 Å². The van der Waals surface area contributed by atoms with Crippen LogP contribution in [0, 0.1) is 0 Å². The molecule has 0 bridgehead atoms. The highest BCUT2D eigenvalue weighted by Crippen LogP contribution is 2.05. The third-order valence-electron chi connectivity index (χ3n) is 3.05. The first-order valence-electron chi connectivity index (χ1n) is 5.69. The molecule has 1 amide bonds. The standard InChI is InChI=1S/C11H23N3O2/c1-12(2)10(9-16-4)11(15)14-7-5-13(3)6-8-14/h10H,5-9H2,1-4H3/t10-/m0/s1. The fraction of sp³-hybridized carbons (Fsp3) is 0.909. The van der Waals surface area contributed by atoms with Crippen molar-refractivity contribution in [2.45, 2.75) is 6.04 Å². The molecule has 1 aliphatic rings. The van der Waals surface area contributed by atoms with Gasteiger partial charge in [-0.3, -0.25) is 9.69 Å². The summed E-state index contributed by atoms with van der Waals surface area (Å²) in [5, 5.41) is 0. The van der Waals surface area contributed by atoms with Gasteiger partial charge in [0, 0.05) is 33.3 Å². The minimum atomic E-state index is -0.159. The smallest absolute Gasteiger partial charge is 0.242 e. The number of rotatable bonds is 4. The number of nitrogens with zero attached hydrogens (tertiary/aromatic N) is 3. The molecule has 0 aromatic rings. The van der Waals surface area contributed by atoms with Gasteiger partial charge in [-0.1, -0.05) is 0 Å². The molecule has 5 nitrogen and oxygen atoms in total. The predicted octanol–water partition coefficient (Wildman–Crippen LogP) is -0.663. The van der Waals surface area contributed by atoms with E-state index in [2.05, 4.69) is 11.9 Å². The Labute approximate surface area is 97.9 Å². The molecule has 1 atom stereocenters. The molecule has 1 saturated heterocycles. The molecule has 1 aliphatic heterocycles. The summed E-state index contributed by atoms with van der Waals surface area (Å²) in [5.41, 5.74) is 0. The number of carbonyl (C=O) groups excluding carboxylic acids is 1. The van der Waals surface area contributed by atoms with Gasteiger partial charge in [0.05, 0.1) is 6.61 Å². The van der Waals surface area contributed by atoms with E-state index in [0.29, 0.717) is 6.61 Å². The zero-order chi connectivity index (χ0) is 12.1. The van der Waals surface area contributed by atoms with Crippen molar-refractivity contribution in [1.82, 2.24) is 14.7 Å². The Morgan fingerprint density at radius 1 is 1.31 bits per heavy atom. The molecular weight excluding hydrogens is 206 g/mol. The molecule has 0 saturated carbocycles. The van der Waals surface area contributed by atoms with E-state index in [0.717, 1.165) is 26.2 Å². The lowest BCUT2D eigenvalue weighted by Gasteiger charge is -2.36. The number of methoxy groups -OCH3 is 1. The van der Waals surface area contributed by atoms with E-state index < -0.39 is 0 Å². The van der Waals surface area contributed by atoms with Gasteiger partial charge in [0.1, 0.15) is 6.04 Å². The van der Waals surface area contributed by atoms with Crippen molar-refractivity contribution < 1.29 is 9.53 Å². The lowest BCUT2D eigenvalue weighted by atomic mass is 10.2. The summed E-state index contributed by atoms with van der Waals surface area (Å²) in [6.45, 7) is 4.02. The summed E-state index contributed by atoms with van der Waals surface area (Å²) < 4.78 is 5.10. The van der Waals surface area contributed by atoms with Gasteiger partial charge < -0.3 is 14.5 Å². The molecule has 1 rings (SSSR count). The second-order valence-corrected chi connectivity index (χ2v) is 4.56. The summed E-state index contributed by atoms with van der Waals surface area (Å²) in [6.07, 6.45) is 0. The van der Waals surface area contributed by atoms with E-state index in [9.17, 15) is 4.79 Å². The third kappa shape index (κ3) is 3.43. The highest BCUT2D eigenvalue weighted by molar-refractivity contribution is 5.82. The lowest BCUT2D eigenvalue weighted by molar-refractivity contribution is -0.139. The average Bonchev–Trinajstić information content (AvgIpc) is 2.25. The highest BCUT2D eigenvalue weighted by atomic mass is 16.5. The van der Waals surface area contributed by atoms with Crippen molar-refractivity contribution in [2.24, 2.45) is 0 Å². The summed E-state index contributed by atoms with van der Waals surface area (Å²) in [6, 6.07) is -0.159. The molecule has 0 unspecified atom stereocenters. The molecule has 0 spiro atoms. The van der Waals surface area contributed by atoms with Gasteiger partial charge in [-0.15, -0.1) is 0 Å². The van der Waals surface area contributed by atoms with Crippen molar-refractivity contribution in [3.63, 3.8) is 0 Å². The van der Waals surface area contributed by atoms with Crippen molar-refractivity contribution in [3.8, 4) is 0 Å². The summed E-state index contributed by atoms with van der Waals surface area (Å²) in [7, 11) is 7.55. The zero-order valence-electron chi connectivity index (χ0n) is 10.8. The number of amides is 1. The Morgan fingerprint density at radius 3 is 2.31 bits per heavy atom.